The Kier molecular flexibility index (Phi) is 4.49. The molecule has 1 saturated heterocycles. The molecule has 0 radical (unpaired) electrons. The number of aromatic hydroxyl groups is 1. The fraction of sp³-hybridized carbons (Fsp3) is 0.462. The van der Waals surface area contributed by atoms with Crippen molar-refractivity contribution < 1.29 is 9.90 Å². The lowest BCUT2D eigenvalue weighted by atomic mass is 10.1. The number of phenols is 1. The molecule has 3 N–H and O–H groups in total. The molecule has 1 atom stereocenters. The van der Waals surface area contributed by atoms with Crippen LogP contribution in [0, 0.1) is 0 Å². The molecule has 1 heterocycles. The van der Waals surface area contributed by atoms with Gasteiger partial charge in [0.15, 0.2) is 0 Å². The number of phenolic OH excluding ortho intramolecular Hbond substituents is 1. The van der Waals surface area contributed by atoms with Crippen LogP contribution in [0.2, 0.25) is 0 Å². The van der Waals surface area contributed by atoms with Crippen molar-refractivity contribution in [3.05, 3.63) is 24.3 Å². The normalized spacial score (nSPS) is 19.8. The third-order valence-corrected chi connectivity index (χ3v) is 4.01. The van der Waals surface area contributed by atoms with Crippen molar-refractivity contribution in [3.63, 3.8) is 0 Å². The summed E-state index contributed by atoms with van der Waals surface area (Å²) in [6.45, 7) is 1.50. The van der Waals surface area contributed by atoms with Gasteiger partial charge in [-0.15, -0.1) is 11.8 Å². The van der Waals surface area contributed by atoms with Gasteiger partial charge in [-0.3, -0.25) is 4.79 Å². The Balaban J connectivity index is 1.82. The Hall–Kier alpha value is -1.20. The standard InChI is InChI=1S/C13H18N2O2S/c14-10-2-1-7-15(8-10)13(17)9-18-12-5-3-11(16)4-6-12/h3-6,10,16H,1-2,7-9,14H2. The summed E-state index contributed by atoms with van der Waals surface area (Å²) >= 11 is 1.49. The number of hydrogen-bond acceptors (Lipinski definition) is 4. The first-order chi connectivity index (χ1) is 8.65. The van der Waals surface area contributed by atoms with Crippen LogP contribution in [0.5, 0.6) is 5.75 Å². The van der Waals surface area contributed by atoms with Crippen molar-refractivity contribution >= 4 is 17.7 Å². The van der Waals surface area contributed by atoms with E-state index in [1.165, 1.54) is 11.8 Å². The fourth-order valence-corrected chi connectivity index (χ4v) is 2.82. The number of piperidine rings is 1. The smallest absolute Gasteiger partial charge is 0.232 e. The first-order valence-corrected chi connectivity index (χ1v) is 7.09. The highest BCUT2D eigenvalue weighted by Crippen LogP contribution is 2.21. The summed E-state index contributed by atoms with van der Waals surface area (Å²) in [5, 5.41) is 9.17. The highest BCUT2D eigenvalue weighted by atomic mass is 32.2. The number of benzene rings is 1. The highest BCUT2D eigenvalue weighted by molar-refractivity contribution is 8.00. The molecule has 1 amide bonds. The van der Waals surface area contributed by atoms with Crippen LogP contribution in [-0.2, 0) is 4.79 Å². The molecule has 1 aliphatic heterocycles. The van der Waals surface area contributed by atoms with Gasteiger partial charge in [0.05, 0.1) is 5.75 Å². The summed E-state index contributed by atoms with van der Waals surface area (Å²) in [5.74, 6) is 0.813. The average molecular weight is 266 g/mol. The van der Waals surface area contributed by atoms with Gasteiger partial charge in [-0.1, -0.05) is 0 Å². The predicted molar refractivity (Wildman–Crippen MR) is 72.6 cm³/mol. The molecule has 4 nitrogen and oxygen atoms in total. The summed E-state index contributed by atoms with van der Waals surface area (Å²) in [7, 11) is 0. The van der Waals surface area contributed by atoms with Gasteiger partial charge in [0, 0.05) is 24.0 Å². The van der Waals surface area contributed by atoms with Crippen molar-refractivity contribution in [2.45, 2.75) is 23.8 Å². The van der Waals surface area contributed by atoms with Crippen molar-refractivity contribution in [2.75, 3.05) is 18.8 Å². The maximum absolute atomic E-state index is 12.0. The molecular formula is C13H18N2O2S. The van der Waals surface area contributed by atoms with Gasteiger partial charge in [0.25, 0.3) is 0 Å². The van der Waals surface area contributed by atoms with E-state index < -0.39 is 0 Å². The number of thioether (sulfide) groups is 1. The van der Waals surface area contributed by atoms with Gasteiger partial charge in [0.1, 0.15) is 5.75 Å². The van der Waals surface area contributed by atoms with E-state index >= 15 is 0 Å². The number of nitrogens with zero attached hydrogens (tertiary/aromatic N) is 1. The lowest BCUT2D eigenvalue weighted by Crippen LogP contribution is -2.46. The average Bonchev–Trinajstić information content (AvgIpc) is 2.38. The second kappa shape index (κ2) is 6.11. The number of rotatable bonds is 3. The third-order valence-electron chi connectivity index (χ3n) is 3.01. The Morgan fingerprint density at radius 2 is 2.17 bits per heavy atom. The molecule has 1 aliphatic rings. The second-order valence-electron chi connectivity index (χ2n) is 4.52. The minimum absolute atomic E-state index is 0.126. The summed E-state index contributed by atoms with van der Waals surface area (Å²) in [5.41, 5.74) is 5.86. The van der Waals surface area contributed by atoms with Crippen LogP contribution in [0.25, 0.3) is 0 Å². The van der Waals surface area contributed by atoms with Crippen LogP contribution in [0.1, 0.15) is 12.8 Å². The van der Waals surface area contributed by atoms with Crippen LogP contribution in [0.15, 0.2) is 29.2 Å². The van der Waals surface area contributed by atoms with Crippen LogP contribution in [0.3, 0.4) is 0 Å². The number of carbonyl (C=O) groups excluding carboxylic acids is 1. The Labute approximate surface area is 111 Å². The molecule has 1 unspecified atom stereocenters. The highest BCUT2D eigenvalue weighted by Gasteiger charge is 2.20. The minimum atomic E-state index is 0.126. The molecule has 5 heteroatoms. The molecule has 1 aromatic carbocycles. The summed E-state index contributed by atoms with van der Waals surface area (Å²) < 4.78 is 0. The number of likely N-dealkylation sites (tertiary alicyclic amines) is 1. The van der Waals surface area contributed by atoms with E-state index in [9.17, 15) is 4.79 Å². The molecule has 18 heavy (non-hydrogen) atoms. The zero-order chi connectivity index (χ0) is 13.0. The number of hydrogen-bond donors (Lipinski definition) is 2. The molecule has 1 fully saturated rings. The lowest BCUT2D eigenvalue weighted by molar-refractivity contribution is -0.129. The van der Waals surface area contributed by atoms with Gasteiger partial charge < -0.3 is 15.7 Å². The van der Waals surface area contributed by atoms with E-state index in [1.807, 2.05) is 17.0 Å². The van der Waals surface area contributed by atoms with E-state index in [4.69, 9.17) is 10.8 Å². The second-order valence-corrected chi connectivity index (χ2v) is 5.57. The van der Waals surface area contributed by atoms with Crippen LogP contribution in [-0.4, -0.2) is 40.8 Å². The van der Waals surface area contributed by atoms with E-state index in [0.29, 0.717) is 12.3 Å². The van der Waals surface area contributed by atoms with Crippen LogP contribution < -0.4 is 5.73 Å². The monoisotopic (exact) mass is 266 g/mol. The van der Waals surface area contributed by atoms with Gasteiger partial charge in [-0.05, 0) is 37.1 Å². The van der Waals surface area contributed by atoms with Crippen molar-refractivity contribution in [2.24, 2.45) is 5.73 Å². The minimum Gasteiger partial charge on any atom is -0.508 e. The number of nitrogens with two attached hydrogens (primary N) is 1. The molecule has 0 saturated carbocycles. The van der Waals surface area contributed by atoms with Gasteiger partial charge >= 0.3 is 0 Å². The van der Waals surface area contributed by atoms with Crippen LogP contribution >= 0.6 is 11.8 Å². The van der Waals surface area contributed by atoms with E-state index in [2.05, 4.69) is 0 Å². The Bertz CT molecular complexity index is 408. The SMILES string of the molecule is NC1CCCN(C(=O)CSc2ccc(O)cc2)C1. The van der Waals surface area contributed by atoms with Crippen molar-refractivity contribution in [3.8, 4) is 5.75 Å². The van der Waals surface area contributed by atoms with Crippen molar-refractivity contribution in [1.29, 1.82) is 0 Å². The largest absolute Gasteiger partial charge is 0.508 e. The lowest BCUT2D eigenvalue weighted by Gasteiger charge is -2.30. The predicted octanol–water partition coefficient (Wildman–Crippen LogP) is 1.43. The third kappa shape index (κ3) is 3.65. The number of amides is 1. The zero-order valence-electron chi connectivity index (χ0n) is 10.2. The van der Waals surface area contributed by atoms with Gasteiger partial charge in [-0.25, -0.2) is 0 Å². The molecular weight excluding hydrogens is 248 g/mol. The maximum atomic E-state index is 12.0. The van der Waals surface area contributed by atoms with Gasteiger partial charge in [0.2, 0.25) is 5.91 Å². The summed E-state index contributed by atoms with van der Waals surface area (Å²) in [6.07, 6.45) is 2.01. The van der Waals surface area contributed by atoms with E-state index in [-0.39, 0.29) is 17.7 Å². The quantitative estimate of drug-likeness (QED) is 0.812. The Morgan fingerprint density at radius 1 is 1.44 bits per heavy atom. The van der Waals surface area contributed by atoms with E-state index in [1.54, 1.807) is 12.1 Å². The summed E-state index contributed by atoms with van der Waals surface area (Å²) in [6, 6.07) is 7.01. The van der Waals surface area contributed by atoms with Crippen molar-refractivity contribution in [1.82, 2.24) is 4.90 Å². The van der Waals surface area contributed by atoms with Crippen LogP contribution in [0.4, 0.5) is 0 Å². The molecule has 2 rings (SSSR count). The van der Waals surface area contributed by atoms with Gasteiger partial charge in [-0.2, -0.15) is 0 Å². The molecule has 0 aliphatic carbocycles. The first kappa shape index (κ1) is 13.2. The zero-order valence-corrected chi connectivity index (χ0v) is 11.0. The Morgan fingerprint density at radius 3 is 2.83 bits per heavy atom. The fourth-order valence-electron chi connectivity index (χ4n) is 2.02. The number of carbonyl (C=O) groups is 1. The summed E-state index contributed by atoms with van der Waals surface area (Å²) in [4.78, 5) is 14.8. The topological polar surface area (TPSA) is 66.6 Å². The first-order valence-electron chi connectivity index (χ1n) is 6.10. The molecule has 98 valence electrons. The molecule has 1 aromatic rings. The molecule has 0 aromatic heterocycles. The van der Waals surface area contributed by atoms with E-state index in [0.717, 1.165) is 24.3 Å². The maximum Gasteiger partial charge on any atom is 0.232 e. The molecule has 0 spiro atoms. The molecule has 0 bridgehead atoms.